The third-order valence-electron chi connectivity index (χ3n) is 14.6. The summed E-state index contributed by atoms with van der Waals surface area (Å²) in [7, 11) is 4.66. The number of Topliss-reactive ketones (excluding diaryl/α,β-unsaturated/α-hetero) is 2. The van der Waals surface area contributed by atoms with Crippen LogP contribution in [0.15, 0.2) is 36.0 Å². The van der Waals surface area contributed by atoms with Crippen molar-refractivity contribution in [1.82, 2.24) is 4.90 Å². The van der Waals surface area contributed by atoms with Crippen LogP contribution in [-0.2, 0) is 52.4 Å². The molecule has 1 aliphatic carbocycles. The van der Waals surface area contributed by atoms with Crippen LogP contribution in [-0.4, -0.2) is 127 Å². The Morgan fingerprint density at radius 3 is 2.26 bits per heavy atom. The third kappa shape index (κ3) is 14.6. The van der Waals surface area contributed by atoms with E-state index in [1.54, 1.807) is 27.0 Å². The van der Waals surface area contributed by atoms with Crippen molar-refractivity contribution < 1.29 is 62.6 Å². The number of nitrogens with zero attached hydrogens (tertiary/aromatic N) is 1. The SMILES string of the molecule is C=CC[C@@H]1/C=C(\C)C[C@H](C)C[C@H](OC)[C@H]2O[C@@](O)(C(=O)C(=O)N3CCCCC3C(=O)O[C@H](/C(C)=C/[C@@H]3CC[C@@H](OC(=O)CCCCCCC)[C@H](OC)C3)[C@H](C)[C@@H](O)CC1=O)[C@H](C)C[C@@H]2OC. The van der Waals surface area contributed by atoms with Gasteiger partial charge in [0, 0.05) is 58.5 Å². The average Bonchev–Trinajstić information content (AvgIpc) is 3.29. The van der Waals surface area contributed by atoms with E-state index in [1.165, 1.54) is 19.1 Å². The van der Waals surface area contributed by atoms with Gasteiger partial charge in [0.1, 0.15) is 30.1 Å². The van der Waals surface area contributed by atoms with Crippen LogP contribution in [0.5, 0.6) is 0 Å². The lowest BCUT2D eigenvalue weighted by atomic mass is 9.81. The summed E-state index contributed by atoms with van der Waals surface area (Å²) in [6, 6.07) is -1.16. The third-order valence-corrected chi connectivity index (χ3v) is 14.6. The fourth-order valence-electron chi connectivity index (χ4n) is 10.6. The zero-order valence-corrected chi connectivity index (χ0v) is 41.5. The van der Waals surface area contributed by atoms with E-state index in [0.29, 0.717) is 63.4 Å². The van der Waals surface area contributed by atoms with Gasteiger partial charge in [0.15, 0.2) is 0 Å². The van der Waals surface area contributed by atoms with Gasteiger partial charge in [-0.25, -0.2) is 4.79 Å². The van der Waals surface area contributed by atoms with Gasteiger partial charge < -0.3 is 43.5 Å². The van der Waals surface area contributed by atoms with E-state index in [1.807, 2.05) is 32.9 Å². The average molecular weight is 930 g/mol. The second-order valence-corrected chi connectivity index (χ2v) is 19.9. The number of piperidine rings is 1. The van der Waals surface area contributed by atoms with E-state index in [-0.39, 0.29) is 55.5 Å². The van der Waals surface area contributed by atoms with Crippen LogP contribution in [0, 0.1) is 29.6 Å². The lowest BCUT2D eigenvalue weighted by Crippen LogP contribution is -2.64. The van der Waals surface area contributed by atoms with Gasteiger partial charge in [0.25, 0.3) is 11.7 Å². The van der Waals surface area contributed by atoms with Gasteiger partial charge in [-0.05, 0) is 102 Å². The first-order valence-electron chi connectivity index (χ1n) is 24.8. The van der Waals surface area contributed by atoms with Gasteiger partial charge in [0.05, 0.1) is 24.4 Å². The number of methoxy groups -OCH3 is 3. The first-order chi connectivity index (χ1) is 31.4. The van der Waals surface area contributed by atoms with Gasteiger partial charge in [-0.2, -0.15) is 0 Å². The minimum absolute atomic E-state index is 0.00147. The number of fused-ring (bicyclic) bond motifs is 3. The Balaban J connectivity index is 1.69. The van der Waals surface area contributed by atoms with Crippen molar-refractivity contribution in [3.8, 4) is 0 Å². The van der Waals surface area contributed by atoms with E-state index < -0.39 is 83.9 Å². The molecule has 2 saturated heterocycles. The number of hydrogen-bond donors (Lipinski definition) is 2. The fraction of sp³-hybridized carbons (Fsp3) is 0.788. The molecule has 3 aliphatic heterocycles. The maximum atomic E-state index is 14.5. The molecule has 66 heavy (non-hydrogen) atoms. The number of ether oxygens (including phenoxy) is 6. The zero-order chi connectivity index (χ0) is 48.7. The Hall–Kier alpha value is -3.27. The molecule has 374 valence electrons. The molecule has 0 spiro atoms. The second kappa shape index (κ2) is 26.5. The van der Waals surface area contributed by atoms with Crippen molar-refractivity contribution >= 4 is 29.4 Å². The Bertz CT molecular complexity index is 1690. The number of ketones is 2. The van der Waals surface area contributed by atoms with Gasteiger partial charge in [-0.3, -0.25) is 19.2 Å². The largest absolute Gasteiger partial charge is 0.460 e. The highest BCUT2D eigenvalue weighted by Gasteiger charge is 2.56. The molecule has 4 rings (SSSR count). The standard InChI is InChI=1S/C52H83NO13/c1-11-13-14-15-16-21-46(56)64-42-23-22-37(30-43(42)61-8)28-34(5)47-36(7)40(54)31-41(55)38(19-12-2)26-32(3)25-33(4)27-44(62-9)48-45(63-10)29-35(6)52(60,66-48)49(57)50(58)53-24-18-17-20-39(53)51(59)65-47/h12,26,28,33,35-40,42-45,47-48,54,60H,2,11,13-25,27,29-31H2,1,3-10H3/b32-26+,34-28+/t33-,35+,36+,37-,38+,39?,40-,42+,43+,44-,45-,47+,48+,52+/m0/s1. The second-order valence-electron chi connectivity index (χ2n) is 19.9. The van der Waals surface area contributed by atoms with Crippen LogP contribution >= 0.6 is 0 Å². The highest BCUT2D eigenvalue weighted by Crippen LogP contribution is 2.39. The van der Waals surface area contributed by atoms with E-state index >= 15 is 0 Å². The zero-order valence-electron chi connectivity index (χ0n) is 41.5. The molecule has 14 heteroatoms. The first kappa shape index (κ1) is 55.3. The molecule has 2 N–H and O–H groups in total. The number of aliphatic hydroxyl groups is 2. The predicted octanol–water partition coefficient (Wildman–Crippen LogP) is 7.55. The number of unbranched alkanes of at least 4 members (excludes halogenated alkanes) is 4. The number of rotatable bonds is 14. The molecule has 3 heterocycles. The molecule has 0 aromatic heterocycles. The summed E-state index contributed by atoms with van der Waals surface area (Å²) in [4.78, 5) is 71.3. The maximum Gasteiger partial charge on any atom is 0.329 e. The molecule has 1 unspecified atom stereocenters. The summed E-state index contributed by atoms with van der Waals surface area (Å²) in [6.45, 7) is 15.3. The molecular formula is C52H83NO13. The van der Waals surface area contributed by atoms with Crippen molar-refractivity contribution in [3.05, 3.63) is 36.0 Å². The number of esters is 2. The maximum absolute atomic E-state index is 14.5. The topological polar surface area (TPSA) is 184 Å². The molecule has 0 aromatic carbocycles. The Morgan fingerprint density at radius 2 is 1.59 bits per heavy atom. The van der Waals surface area contributed by atoms with Gasteiger partial charge >= 0.3 is 11.9 Å². The number of aliphatic hydroxyl groups excluding tert-OH is 1. The normalized spacial score (nSPS) is 36.9. The monoisotopic (exact) mass is 930 g/mol. The summed E-state index contributed by atoms with van der Waals surface area (Å²) in [5, 5.41) is 24.0. The van der Waals surface area contributed by atoms with Crippen molar-refractivity contribution in [1.29, 1.82) is 0 Å². The molecule has 1 amide bonds. The lowest BCUT2D eigenvalue weighted by molar-refractivity contribution is -0.302. The quantitative estimate of drug-likeness (QED) is 0.0754. The van der Waals surface area contributed by atoms with E-state index in [0.717, 1.165) is 37.7 Å². The Labute approximate surface area is 394 Å². The predicted molar refractivity (Wildman–Crippen MR) is 250 cm³/mol. The number of carbonyl (C=O) groups is 5. The number of carbonyl (C=O) groups excluding carboxylic acids is 5. The van der Waals surface area contributed by atoms with Crippen LogP contribution in [0.25, 0.3) is 0 Å². The number of allylic oxidation sites excluding steroid dienone is 4. The summed E-state index contributed by atoms with van der Waals surface area (Å²) in [5.41, 5.74) is 1.60. The van der Waals surface area contributed by atoms with Crippen molar-refractivity contribution in [2.45, 2.75) is 205 Å². The van der Waals surface area contributed by atoms with Crippen LogP contribution < -0.4 is 0 Å². The van der Waals surface area contributed by atoms with Crippen molar-refractivity contribution in [2.24, 2.45) is 29.6 Å². The minimum atomic E-state index is -2.53. The summed E-state index contributed by atoms with van der Waals surface area (Å²) >= 11 is 0. The molecule has 1 saturated carbocycles. The summed E-state index contributed by atoms with van der Waals surface area (Å²) in [5.74, 6) is -8.14. The molecule has 2 bridgehead atoms. The van der Waals surface area contributed by atoms with Gasteiger partial charge in [-0.1, -0.05) is 77.2 Å². The van der Waals surface area contributed by atoms with Crippen molar-refractivity contribution in [2.75, 3.05) is 27.9 Å². The summed E-state index contributed by atoms with van der Waals surface area (Å²) < 4.78 is 36.2. The fourth-order valence-corrected chi connectivity index (χ4v) is 10.6. The molecule has 4 aliphatic rings. The number of cyclic esters (lactones) is 1. The first-order valence-corrected chi connectivity index (χ1v) is 24.8. The Morgan fingerprint density at radius 1 is 0.909 bits per heavy atom. The van der Waals surface area contributed by atoms with Gasteiger partial charge in [0.2, 0.25) is 5.79 Å². The van der Waals surface area contributed by atoms with Crippen LogP contribution in [0.4, 0.5) is 0 Å². The number of hydrogen-bond acceptors (Lipinski definition) is 13. The van der Waals surface area contributed by atoms with Crippen molar-refractivity contribution in [3.63, 3.8) is 0 Å². The summed E-state index contributed by atoms with van der Waals surface area (Å²) in [6.07, 6.45) is 10.5. The molecule has 0 radical (unpaired) electrons. The molecule has 14 atom stereocenters. The number of amides is 1. The molecule has 3 fully saturated rings. The van der Waals surface area contributed by atoms with Crippen LogP contribution in [0.3, 0.4) is 0 Å². The van der Waals surface area contributed by atoms with Crippen LogP contribution in [0.1, 0.15) is 151 Å². The highest BCUT2D eigenvalue weighted by atomic mass is 16.7. The molecule has 0 aromatic rings. The molecule has 14 nitrogen and oxygen atoms in total. The van der Waals surface area contributed by atoms with Crippen LogP contribution in [0.2, 0.25) is 0 Å². The molecular weight excluding hydrogens is 847 g/mol. The minimum Gasteiger partial charge on any atom is -0.460 e. The smallest absolute Gasteiger partial charge is 0.329 e. The highest BCUT2D eigenvalue weighted by molar-refractivity contribution is 6.39. The van der Waals surface area contributed by atoms with E-state index in [4.69, 9.17) is 28.4 Å². The van der Waals surface area contributed by atoms with Gasteiger partial charge in [-0.15, -0.1) is 6.58 Å². The van der Waals surface area contributed by atoms with E-state index in [2.05, 4.69) is 13.5 Å². The lowest BCUT2D eigenvalue weighted by Gasteiger charge is -2.47. The van der Waals surface area contributed by atoms with E-state index in [9.17, 15) is 34.2 Å². The Kier molecular flexibility index (Phi) is 22.2.